The maximum absolute atomic E-state index is 13.4. The van der Waals surface area contributed by atoms with Crippen molar-refractivity contribution in [2.24, 2.45) is 0 Å². The predicted molar refractivity (Wildman–Crippen MR) is 131 cm³/mol. The van der Waals surface area contributed by atoms with Gasteiger partial charge in [-0.2, -0.15) is 4.98 Å². The lowest BCUT2D eigenvalue weighted by Gasteiger charge is -2.28. The third-order valence-corrected chi connectivity index (χ3v) is 5.88. The van der Waals surface area contributed by atoms with Crippen molar-refractivity contribution in [2.75, 3.05) is 10.6 Å². The van der Waals surface area contributed by atoms with E-state index in [1.165, 1.54) is 12.1 Å². The first kappa shape index (κ1) is 22.2. The van der Waals surface area contributed by atoms with E-state index >= 15 is 0 Å². The molecule has 0 radical (unpaired) electrons. The van der Waals surface area contributed by atoms with Gasteiger partial charge >= 0.3 is 0 Å². The zero-order valence-corrected chi connectivity index (χ0v) is 19.1. The first-order valence-corrected chi connectivity index (χ1v) is 10.9. The minimum atomic E-state index is -0.701. The first-order valence-electron chi connectivity index (χ1n) is 10.6. The van der Waals surface area contributed by atoms with Crippen molar-refractivity contribution in [3.8, 4) is 11.4 Å². The van der Waals surface area contributed by atoms with E-state index in [0.29, 0.717) is 44.9 Å². The highest BCUT2D eigenvalue weighted by Crippen LogP contribution is 2.38. The quantitative estimate of drug-likeness (QED) is 0.305. The number of benzene rings is 2. The van der Waals surface area contributed by atoms with Gasteiger partial charge in [-0.3, -0.25) is 19.9 Å². The molecule has 10 nitrogen and oxygen atoms in total. The summed E-state index contributed by atoms with van der Waals surface area (Å²) in [7, 11) is 0. The average Bonchev–Trinajstić information content (AvgIpc) is 3.27. The number of non-ortho nitro benzene ring substituents is 1. The van der Waals surface area contributed by atoms with Gasteiger partial charge in [-0.15, -0.1) is 5.10 Å². The second kappa shape index (κ2) is 8.99. The molecule has 3 heterocycles. The van der Waals surface area contributed by atoms with Gasteiger partial charge in [0.2, 0.25) is 5.95 Å². The Morgan fingerprint density at radius 3 is 2.60 bits per heavy atom. The molecule has 2 aromatic carbocycles. The molecule has 0 aliphatic carbocycles. The molecule has 0 fully saturated rings. The summed E-state index contributed by atoms with van der Waals surface area (Å²) in [5.74, 6) is 0.428. The summed E-state index contributed by atoms with van der Waals surface area (Å²) in [6.45, 7) is 1.77. The summed E-state index contributed by atoms with van der Waals surface area (Å²) in [4.78, 5) is 32.8. The van der Waals surface area contributed by atoms with Crippen molar-refractivity contribution >= 4 is 34.8 Å². The normalized spacial score (nSPS) is 14.7. The molecule has 0 saturated carbocycles. The molecule has 4 aromatic rings. The molecule has 1 aliphatic rings. The largest absolute Gasteiger partial charge is 0.328 e. The van der Waals surface area contributed by atoms with Gasteiger partial charge in [0.05, 0.1) is 27.4 Å². The van der Waals surface area contributed by atoms with Crippen LogP contribution < -0.4 is 10.6 Å². The molecule has 0 bridgehead atoms. The van der Waals surface area contributed by atoms with Gasteiger partial charge in [0, 0.05) is 29.6 Å². The van der Waals surface area contributed by atoms with Gasteiger partial charge in [0.25, 0.3) is 11.6 Å². The van der Waals surface area contributed by atoms with Gasteiger partial charge in [-0.1, -0.05) is 23.7 Å². The second-order valence-electron chi connectivity index (χ2n) is 7.79. The van der Waals surface area contributed by atoms with Gasteiger partial charge in [0.1, 0.15) is 6.04 Å². The second-order valence-corrected chi connectivity index (χ2v) is 8.20. The number of amides is 1. The molecule has 35 heavy (non-hydrogen) atoms. The van der Waals surface area contributed by atoms with Gasteiger partial charge in [-0.25, -0.2) is 4.68 Å². The Labute approximate surface area is 204 Å². The third kappa shape index (κ3) is 4.22. The number of rotatable bonds is 5. The fourth-order valence-corrected chi connectivity index (χ4v) is 4.14. The number of nitro groups is 1. The Hall–Kier alpha value is -4.57. The number of nitrogens with one attached hydrogen (secondary N) is 2. The molecule has 1 aliphatic heterocycles. The molecule has 11 heteroatoms. The van der Waals surface area contributed by atoms with Crippen LogP contribution in [0.15, 0.2) is 84.3 Å². The number of nitrogens with zero attached hydrogens (tertiary/aromatic N) is 5. The number of fused-ring (bicyclic) bond motifs is 1. The Morgan fingerprint density at radius 1 is 1.14 bits per heavy atom. The predicted octanol–water partition coefficient (Wildman–Crippen LogP) is 4.83. The van der Waals surface area contributed by atoms with Crippen LogP contribution in [-0.2, 0) is 4.79 Å². The summed E-state index contributed by atoms with van der Waals surface area (Å²) in [5.41, 5.74) is 2.69. The number of nitro benzene ring substituents is 1. The van der Waals surface area contributed by atoms with E-state index in [4.69, 9.17) is 11.6 Å². The Bertz CT molecular complexity index is 1470. The van der Waals surface area contributed by atoms with Crippen molar-refractivity contribution < 1.29 is 9.72 Å². The van der Waals surface area contributed by atoms with E-state index in [-0.39, 0.29) is 11.6 Å². The zero-order valence-electron chi connectivity index (χ0n) is 18.3. The number of carbonyl (C=O) groups is 1. The van der Waals surface area contributed by atoms with Crippen LogP contribution in [0.1, 0.15) is 18.5 Å². The molecular formula is C24H18ClN7O3. The van der Waals surface area contributed by atoms with E-state index in [1.54, 1.807) is 60.4 Å². The monoisotopic (exact) mass is 487 g/mol. The number of carbonyl (C=O) groups excluding carboxylic acids is 1. The van der Waals surface area contributed by atoms with E-state index in [0.717, 1.165) is 0 Å². The number of aromatic nitrogens is 4. The highest BCUT2D eigenvalue weighted by Gasteiger charge is 2.35. The van der Waals surface area contributed by atoms with Gasteiger partial charge in [-0.05, 0) is 48.9 Å². The summed E-state index contributed by atoms with van der Waals surface area (Å²) in [6, 6.07) is 16.0. The average molecular weight is 488 g/mol. The summed E-state index contributed by atoms with van der Waals surface area (Å²) in [6.07, 6.45) is 3.15. The Kier molecular flexibility index (Phi) is 5.71. The summed E-state index contributed by atoms with van der Waals surface area (Å²) < 4.78 is 1.59. The standard InChI is InChI=1S/C24H18ClN7O3/c1-14-20(23(33)28-16-5-4-12-26-13-16)21(15-8-10-17(11-9-15)32(34)35)31-24(27-14)29-22(30-31)18-6-2-3-7-19(18)25/h2-13,21H,1H3,(H,28,33)(H,27,29,30). The summed E-state index contributed by atoms with van der Waals surface area (Å²) in [5, 5.41) is 22.4. The van der Waals surface area contributed by atoms with Crippen molar-refractivity contribution in [1.82, 2.24) is 19.7 Å². The lowest BCUT2D eigenvalue weighted by atomic mass is 9.95. The van der Waals surface area contributed by atoms with Crippen molar-refractivity contribution in [3.63, 3.8) is 0 Å². The molecule has 174 valence electrons. The SMILES string of the molecule is CC1=C(C(=O)Nc2cccnc2)C(c2ccc([N+](=O)[O-])cc2)n2nc(-c3ccccc3Cl)nc2N1. The Morgan fingerprint density at radius 2 is 1.91 bits per heavy atom. The zero-order chi connectivity index (χ0) is 24.5. The minimum absolute atomic E-state index is 0.0553. The van der Waals surface area contributed by atoms with Crippen molar-refractivity contribution in [1.29, 1.82) is 0 Å². The minimum Gasteiger partial charge on any atom is -0.328 e. The number of hydrogen-bond donors (Lipinski definition) is 2. The van der Waals surface area contributed by atoms with Crippen LogP contribution in [0.3, 0.4) is 0 Å². The molecule has 2 aromatic heterocycles. The number of hydrogen-bond acceptors (Lipinski definition) is 7. The van der Waals surface area contributed by atoms with Gasteiger partial charge in [0.15, 0.2) is 5.82 Å². The molecule has 0 saturated heterocycles. The first-order chi connectivity index (χ1) is 16.9. The molecule has 2 N–H and O–H groups in total. The van der Waals surface area contributed by atoms with E-state index in [1.807, 2.05) is 12.1 Å². The molecule has 1 unspecified atom stereocenters. The molecule has 5 rings (SSSR count). The highest BCUT2D eigenvalue weighted by molar-refractivity contribution is 6.33. The van der Waals surface area contributed by atoms with E-state index in [2.05, 4.69) is 25.7 Å². The van der Waals surface area contributed by atoms with Crippen molar-refractivity contribution in [3.05, 3.63) is 105 Å². The van der Waals surface area contributed by atoms with Crippen LogP contribution in [-0.4, -0.2) is 30.6 Å². The van der Waals surface area contributed by atoms with Crippen LogP contribution in [0.4, 0.5) is 17.3 Å². The summed E-state index contributed by atoms with van der Waals surface area (Å²) >= 11 is 6.37. The smallest absolute Gasteiger partial charge is 0.269 e. The lowest BCUT2D eigenvalue weighted by Crippen LogP contribution is -2.31. The fourth-order valence-electron chi connectivity index (χ4n) is 3.92. The lowest BCUT2D eigenvalue weighted by molar-refractivity contribution is -0.384. The van der Waals surface area contributed by atoms with E-state index in [9.17, 15) is 14.9 Å². The topological polar surface area (TPSA) is 128 Å². The van der Waals surface area contributed by atoms with Crippen LogP contribution >= 0.6 is 11.6 Å². The molecule has 1 atom stereocenters. The van der Waals surface area contributed by atoms with Crippen LogP contribution in [0, 0.1) is 10.1 Å². The Balaban J connectivity index is 1.62. The maximum atomic E-state index is 13.4. The maximum Gasteiger partial charge on any atom is 0.269 e. The van der Waals surface area contributed by atoms with Crippen LogP contribution in [0.5, 0.6) is 0 Å². The molecule has 1 amide bonds. The van der Waals surface area contributed by atoms with Crippen LogP contribution in [0.25, 0.3) is 11.4 Å². The number of anilines is 2. The van der Waals surface area contributed by atoms with Gasteiger partial charge < -0.3 is 10.6 Å². The van der Waals surface area contributed by atoms with Crippen LogP contribution in [0.2, 0.25) is 5.02 Å². The number of allylic oxidation sites excluding steroid dienone is 1. The fraction of sp³-hybridized carbons (Fsp3) is 0.0833. The number of halogens is 1. The molecule has 0 spiro atoms. The van der Waals surface area contributed by atoms with Crippen molar-refractivity contribution in [2.45, 2.75) is 13.0 Å². The highest BCUT2D eigenvalue weighted by atomic mass is 35.5. The van der Waals surface area contributed by atoms with E-state index < -0.39 is 11.0 Å². The third-order valence-electron chi connectivity index (χ3n) is 5.55. The molecular weight excluding hydrogens is 470 g/mol. The number of pyridine rings is 1.